The summed E-state index contributed by atoms with van der Waals surface area (Å²) in [4.78, 5) is 4.27. The zero-order chi connectivity index (χ0) is 13.0. The maximum absolute atomic E-state index is 5.83. The zero-order valence-corrected chi connectivity index (χ0v) is 12.0. The lowest BCUT2D eigenvalue weighted by molar-refractivity contribution is 0.454. The van der Waals surface area contributed by atoms with Crippen molar-refractivity contribution in [1.29, 1.82) is 0 Å². The smallest absolute Gasteiger partial charge is 0.223 e. The average Bonchev–Trinajstić information content (AvgIpc) is 2.37. The minimum absolute atomic E-state index is 0.647. The Morgan fingerprint density at radius 1 is 1.33 bits per heavy atom. The Morgan fingerprint density at radius 3 is 2.89 bits per heavy atom. The van der Waals surface area contributed by atoms with Crippen LogP contribution in [-0.2, 0) is 6.54 Å². The largest absolute Gasteiger partial charge is 0.439 e. The minimum Gasteiger partial charge on any atom is -0.439 e. The molecule has 0 radical (unpaired) electrons. The maximum Gasteiger partial charge on any atom is 0.223 e. The molecule has 0 saturated heterocycles. The summed E-state index contributed by atoms with van der Waals surface area (Å²) in [7, 11) is 1.90. The van der Waals surface area contributed by atoms with Crippen LogP contribution >= 0.6 is 15.9 Å². The third kappa shape index (κ3) is 3.09. The van der Waals surface area contributed by atoms with Crippen molar-refractivity contribution in [1.82, 2.24) is 10.3 Å². The fraction of sp³-hybridized carbons (Fsp3) is 0.214. The van der Waals surface area contributed by atoms with Crippen LogP contribution in [0.1, 0.15) is 11.1 Å². The van der Waals surface area contributed by atoms with Crippen LogP contribution < -0.4 is 10.1 Å². The van der Waals surface area contributed by atoms with E-state index < -0.39 is 0 Å². The lowest BCUT2D eigenvalue weighted by Gasteiger charge is -2.10. The number of nitrogens with one attached hydrogen (secondary N) is 1. The van der Waals surface area contributed by atoms with Gasteiger partial charge in [-0.2, -0.15) is 0 Å². The number of halogens is 1. The number of ether oxygens (including phenoxy) is 1. The fourth-order valence-corrected chi connectivity index (χ4v) is 1.88. The van der Waals surface area contributed by atoms with Gasteiger partial charge in [-0.15, -0.1) is 0 Å². The summed E-state index contributed by atoms with van der Waals surface area (Å²) in [5.74, 6) is 1.44. The number of aryl methyl sites for hydroxylation is 1. The van der Waals surface area contributed by atoms with Gasteiger partial charge in [0.1, 0.15) is 5.75 Å². The molecule has 94 valence electrons. The topological polar surface area (TPSA) is 34.2 Å². The lowest BCUT2D eigenvalue weighted by Crippen LogP contribution is -2.07. The highest BCUT2D eigenvalue weighted by atomic mass is 79.9. The number of hydrogen-bond donors (Lipinski definition) is 1. The minimum atomic E-state index is 0.647. The van der Waals surface area contributed by atoms with Gasteiger partial charge >= 0.3 is 0 Å². The van der Waals surface area contributed by atoms with Crippen LogP contribution in [0.3, 0.4) is 0 Å². The standard InChI is InChI=1S/C14H15BrN2O/c1-10-8-12(5-6-13(10)15)18-14-11(9-16-2)4-3-7-17-14/h3-8,16H,9H2,1-2H3. The Kier molecular flexibility index (Phi) is 4.33. The molecule has 0 amide bonds. The van der Waals surface area contributed by atoms with Crippen LogP contribution in [0.4, 0.5) is 0 Å². The van der Waals surface area contributed by atoms with E-state index in [4.69, 9.17) is 4.74 Å². The number of benzene rings is 1. The van der Waals surface area contributed by atoms with Gasteiger partial charge in [-0.25, -0.2) is 4.98 Å². The molecule has 0 unspecified atom stereocenters. The predicted molar refractivity (Wildman–Crippen MR) is 76.0 cm³/mol. The van der Waals surface area contributed by atoms with Gasteiger partial charge in [0, 0.05) is 22.8 Å². The monoisotopic (exact) mass is 306 g/mol. The number of nitrogens with zero attached hydrogens (tertiary/aromatic N) is 1. The first-order valence-electron chi connectivity index (χ1n) is 5.73. The molecule has 0 aliphatic carbocycles. The van der Waals surface area contributed by atoms with Crippen molar-refractivity contribution in [3.63, 3.8) is 0 Å². The molecule has 0 atom stereocenters. The molecule has 2 aromatic rings. The van der Waals surface area contributed by atoms with Crippen molar-refractivity contribution in [3.05, 3.63) is 52.1 Å². The van der Waals surface area contributed by atoms with Crippen LogP contribution in [0.5, 0.6) is 11.6 Å². The van der Waals surface area contributed by atoms with Crippen LogP contribution in [0.25, 0.3) is 0 Å². The molecule has 1 N–H and O–H groups in total. The molecule has 3 nitrogen and oxygen atoms in total. The molecule has 0 fully saturated rings. The molecule has 0 aliphatic heterocycles. The van der Waals surface area contributed by atoms with Crippen LogP contribution in [0, 0.1) is 6.92 Å². The highest BCUT2D eigenvalue weighted by Gasteiger charge is 2.06. The Labute approximate surface area is 115 Å². The molecule has 1 heterocycles. The summed E-state index contributed by atoms with van der Waals surface area (Å²) in [6.07, 6.45) is 1.74. The van der Waals surface area contributed by atoms with Crippen LogP contribution in [0.15, 0.2) is 41.0 Å². The number of rotatable bonds is 4. The summed E-state index contributed by atoms with van der Waals surface area (Å²) in [6.45, 7) is 2.77. The molecule has 1 aromatic carbocycles. The normalized spacial score (nSPS) is 10.4. The number of aromatic nitrogens is 1. The van der Waals surface area contributed by atoms with E-state index in [-0.39, 0.29) is 0 Å². The highest BCUT2D eigenvalue weighted by molar-refractivity contribution is 9.10. The highest BCUT2D eigenvalue weighted by Crippen LogP contribution is 2.26. The second-order valence-electron chi connectivity index (χ2n) is 4.01. The zero-order valence-electron chi connectivity index (χ0n) is 10.4. The van der Waals surface area contributed by atoms with Gasteiger partial charge in [0.2, 0.25) is 5.88 Å². The molecule has 2 rings (SSSR count). The van der Waals surface area contributed by atoms with E-state index in [1.54, 1.807) is 6.20 Å². The molecule has 18 heavy (non-hydrogen) atoms. The molecular formula is C14H15BrN2O. The van der Waals surface area contributed by atoms with E-state index in [2.05, 4.69) is 26.2 Å². The summed E-state index contributed by atoms with van der Waals surface area (Å²) >= 11 is 3.47. The Balaban J connectivity index is 2.25. The van der Waals surface area contributed by atoms with Crippen molar-refractivity contribution >= 4 is 15.9 Å². The van der Waals surface area contributed by atoms with E-state index in [0.717, 1.165) is 27.9 Å². The molecule has 0 bridgehead atoms. The molecule has 1 aromatic heterocycles. The third-order valence-electron chi connectivity index (χ3n) is 2.56. The van der Waals surface area contributed by atoms with Crippen molar-refractivity contribution in [2.75, 3.05) is 7.05 Å². The first-order chi connectivity index (χ1) is 8.70. The van der Waals surface area contributed by atoms with Gasteiger partial charge in [-0.1, -0.05) is 22.0 Å². The van der Waals surface area contributed by atoms with Gasteiger partial charge in [0.25, 0.3) is 0 Å². The van der Waals surface area contributed by atoms with Crippen molar-refractivity contribution < 1.29 is 4.74 Å². The van der Waals surface area contributed by atoms with Crippen molar-refractivity contribution in [3.8, 4) is 11.6 Å². The Bertz CT molecular complexity index is 543. The van der Waals surface area contributed by atoms with Gasteiger partial charge in [0.15, 0.2) is 0 Å². The summed E-state index contributed by atoms with van der Waals surface area (Å²) < 4.78 is 6.90. The molecule has 0 saturated carbocycles. The van der Waals surface area contributed by atoms with Crippen LogP contribution in [-0.4, -0.2) is 12.0 Å². The summed E-state index contributed by atoms with van der Waals surface area (Å²) in [5, 5.41) is 3.10. The predicted octanol–water partition coefficient (Wildman–Crippen LogP) is 3.66. The third-order valence-corrected chi connectivity index (χ3v) is 3.45. The maximum atomic E-state index is 5.83. The Morgan fingerprint density at radius 2 is 2.17 bits per heavy atom. The van der Waals surface area contributed by atoms with Gasteiger partial charge < -0.3 is 10.1 Å². The quantitative estimate of drug-likeness (QED) is 0.936. The number of hydrogen-bond acceptors (Lipinski definition) is 3. The van der Waals surface area contributed by atoms with E-state index in [0.29, 0.717) is 5.88 Å². The molecule has 0 spiro atoms. The molecular weight excluding hydrogens is 292 g/mol. The van der Waals surface area contributed by atoms with Crippen molar-refractivity contribution in [2.24, 2.45) is 0 Å². The van der Waals surface area contributed by atoms with E-state index in [9.17, 15) is 0 Å². The second kappa shape index (κ2) is 5.98. The summed E-state index contributed by atoms with van der Waals surface area (Å²) in [6, 6.07) is 9.80. The molecule has 0 aliphatic rings. The second-order valence-corrected chi connectivity index (χ2v) is 4.87. The fourth-order valence-electron chi connectivity index (χ4n) is 1.63. The van der Waals surface area contributed by atoms with Gasteiger partial charge in [-0.05, 0) is 43.8 Å². The summed E-state index contributed by atoms with van der Waals surface area (Å²) in [5.41, 5.74) is 2.18. The lowest BCUT2D eigenvalue weighted by atomic mass is 10.2. The number of pyridine rings is 1. The van der Waals surface area contributed by atoms with E-state index in [1.165, 1.54) is 0 Å². The Hall–Kier alpha value is -1.39. The molecule has 4 heteroatoms. The SMILES string of the molecule is CNCc1cccnc1Oc1ccc(Br)c(C)c1. The first-order valence-corrected chi connectivity index (χ1v) is 6.52. The average molecular weight is 307 g/mol. The van der Waals surface area contributed by atoms with Crippen LogP contribution in [0.2, 0.25) is 0 Å². The van der Waals surface area contributed by atoms with E-state index in [1.807, 2.05) is 44.3 Å². The van der Waals surface area contributed by atoms with E-state index >= 15 is 0 Å². The van der Waals surface area contributed by atoms with Gasteiger partial charge in [0.05, 0.1) is 0 Å². The van der Waals surface area contributed by atoms with Gasteiger partial charge in [-0.3, -0.25) is 0 Å². The van der Waals surface area contributed by atoms with Crippen molar-refractivity contribution in [2.45, 2.75) is 13.5 Å². The first kappa shape index (κ1) is 13.1.